The number of carboxylic acid groups (broad SMARTS) is 1. The number of thioether (sulfide) groups is 1. The Morgan fingerprint density at radius 1 is 1.24 bits per heavy atom. The maximum atomic E-state index is 13.0. The molecule has 0 saturated carbocycles. The molecule has 2 fully saturated rings. The molecule has 1 atom stereocenters. The van der Waals surface area contributed by atoms with Gasteiger partial charge in [0.1, 0.15) is 0 Å². The highest BCUT2D eigenvalue weighted by molar-refractivity contribution is 8.01. The van der Waals surface area contributed by atoms with Crippen LogP contribution < -0.4 is 4.90 Å². The summed E-state index contributed by atoms with van der Waals surface area (Å²) in [7, 11) is 0. The van der Waals surface area contributed by atoms with Gasteiger partial charge >= 0.3 is 12.1 Å². The number of anilines is 1. The molecule has 0 unspecified atom stereocenters. The van der Waals surface area contributed by atoms with E-state index in [2.05, 4.69) is 9.88 Å². The first-order valence-corrected chi connectivity index (χ1v) is 12.8. The second-order valence-electron chi connectivity index (χ2n) is 8.27. The van der Waals surface area contributed by atoms with E-state index in [0.29, 0.717) is 41.8 Å². The summed E-state index contributed by atoms with van der Waals surface area (Å²) in [5.41, 5.74) is -0.0216. The Bertz CT molecular complexity index is 1020. The van der Waals surface area contributed by atoms with Crippen LogP contribution in [0.2, 0.25) is 0 Å². The first-order valence-electron chi connectivity index (χ1n) is 11.0. The summed E-state index contributed by atoms with van der Waals surface area (Å²) in [6, 6.07) is 5.55. The largest absolute Gasteiger partial charge is 0.476 e. The molecule has 7 nitrogen and oxygen atoms in total. The molecule has 1 amide bonds. The molecule has 0 radical (unpaired) electrons. The van der Waals surface area contributed by atoms with Crippen LogP contribution in [0.25, 0.3) is 0 Å². The van der Waals surface area contributed by atoms with Crippen LogP contribution in [0.5, 0.6) is 0 Å². The maximum Gasteiger partial charge on any atom is 0.416 e. The van der Waals surface area contributed by atoms with Gasteiger partial charge in [0.05, 0.1) is 5.56 Å². The molecule has 2 saturated heterocycles. The average Bonchev–Trinajstić information content (AvgIpc) is 3.42. The number of benzene rings is 1. The number of carboxylic acids is 1. The van der Waals surface area contributed by atoms with Gasteiger partial charge < -0.3 is 14.9 Å². The number of aromatic carboxylic acids is 1. The molecule has 0 spiro atoms. The number of hydrogen-bond donors (Lipinski definition) is 1. The number of hydrogen-bond acceptors (Lipinski definition) is 7. The van der Waals surface area contributed by atoms with E-state index < -0.39 is 17.7 Å². The van der Waals surface area contributed by atoms with Gasteiger partial charge in [0.25, 0.3) is 0 Å². The van der Waals surface area contributed by atoms with Crippen molar-refractivity contribution < 1.29 is 27.9 Å². The number of carbonyl (C=O) groups excluding carboxylic acids is 1. The Labute approximate surface area is 203 Å². The lowest BCUT2D eigenvalue weighted by atomic mass is 10.1. The zero-order valence-electron chi connectivity index (χ0n) is 18.3. The normalized spacial score (nSPS) is 19.7. The van der Waals surface area contributed by atoms with E-state index in [4.69, 9.17) is 5.11 Å². The molecular weight excluding hydrogens is 489 g/mol. The minimum atomic E-state index is -4.35. The lowest BCUT2D eigenvalue weighted by Crippen LogP contribution is -2.51. The van der Waals surface area contributed by atoms with Gasteiger partial charge in [-0.3, -0.25) is 9.69 Å². The molecule has 0 aliphatic carbocycles. The number of aromatic nitrogens is 1. The zero-order chi connectivity index (χ0) is 24.3. The number of piperazine rings is 1. The fourth-order valence-electron chi connectivity index (χ4n) is 4.31. The summed E-state index contributed by atoms with van der Waals surface area (Å²) >= 11 is 2.73. The minimum Gasteiger partial charge on any atom is -0.476 e. The first kappa shape index (κ1) is 24.8. The number of thiazole rings is 1. The molecule has 1 N–H and O–H groups in total. The van der Waals surface area contributed by atoms with Crippen molar-refractivity contribution in [3.05, 3.63) is 40.9 Å². The number of carbonyl (C=O) groups is 2. The quantitative estimate of drug-likeness (QED) is 0.538. The summed E-state index contributed by atoms with van der Waals surface area (Å²) in [6.45, 7) is 4.02. The maximum absolute atomic E-state index is 13.0. The van der Waals surface area contributed by atoms with Crippen molar-refractivity contribution in [2.24, 2.45) is 0 Å². The number of halogens is 3. The van der Waals surface area contributed by atoms with Gasteiger partial charge in [-0.15, -0.1) is 11.3 Å². The predicted octanol–water partition coefficient (Wildman–Crippen LogP) is 3.77. The number of alkyl halides is 3. The molecule has 2 aliphatic heterocycles. The lowest BCUT2D eigenvalue weighted by molar-refractivity contribution is -0.137. The average molecular weight is 515 g/mol. The summed E-state index contributed by atoms with van der Waals surface area (Å²) in [5, 5.41) is 10.5. The molecule has 3 heterocycles. The number of nitrogens with zero attached hydrogens (tertiary/aromatic N) is 4. The van der Waals surface area contributed by atoms with Crippen LogP contribution in [0.3, 0.4) is 0 Å². The van der Waals surface area contributed by atoms with Gasteiger partial charge in [-0.05, 0) is 24.6 Å². The fraction of sp³-hybridized carbons (Fsp3) is 0.500. The van der Waals surface area contributed by atoms with Crippen molar-refractivity contribution in [2.75, 3.05) is 49.9 Å². The minimum absolute atomic E-state index is 0.0342. The van der Waals surface area contributed by atoms with Gasteiger partial charge in [-0.1, -0.05) is 17.8 Å². The Morgan fingerprint density at radius 3 is 2.68 bits per heavy atom. The van der Waals surface area contributed by atoms with Crippen LogP contribution in [0.4, 0.5) is 18.9 Å². The smallest absolute Gasteiger partial charge is 0.416 e. The van der Waals surface area contributed by atoms with Gasteiger partial charge in [-0.25, -0.2) is 9.78 Å². The molecular formula is C22H25F3N4O3S2. The molecule has 2 aromatic rings. The van der Waals surface area contributed by atoms with E-state index >= 15 is 0 Å². The van der Waals surface area contributed by atoms with Gasteiger partial charge in [0, 0.05) is 68.6 Å². The van der Waals surface area contributed by atoms with Gasteiger partial charge in [0.15, 0.2) is 10.0 Å². The number of amides is 1. The van der Waals surface area contributed by atoms with E-state index in [9.17, 15) is 22.8 Å². The molecule has 184 valence electrons. The molecule has 0 bridgehead atoms. The van der Waals surface area contributed by atoms with Crippen molar-refractivity contribution in [1.29, 1.82) is 0 Å². The Hall–Kier alpha value is -2.31. The van der Waals surface area contributed by atoms with E-state index in [0.717, 1.165) is 32.1 Å². The summed E-state index contributed by atoms with van der Waals surface area (Å²) < 4.78 is 39.7. The Kier molecular flexibility index (Phi) is 7.68. The molecule has 4 rings (SSSR count). The van der Waals surface area contributed by atoms with Crippen LogP contribution >= 0.6 is 23.1 Å². The van der Waals surface area contributed by atoms with Gasteiger partial charge in [0.2, 0.25) is 5.91 Å². The predicted molar refractivity (Wildman–Crippen MR) is 125 cm³/mol. The van der Waals surface area contributed by atoms with Crippen LogP contribution in [-0.2, 0) is 11.0 Å². The van der Waals surface area contributed by atoms with E-state index in [1.54, 1.807) is 6.07 Å². The van der Waals surface area contributed by atoms with Crippen LogP contribution in [0.15, 0.2) is 34.0 Å². The third-order valence-corrected chi connectivity index (χ3v) is 8.09. The zero-order valence-corrected chi connectivity index (χ0v) is 20.0. The monoisotopic (exact) mass is 514 g/mol. The summed E-state index contributed by atoms with van der Waals surface area (Å²) in [5.74, 6) is -0.289. The topological polar surface area (TPSA) is 77.0 Å². The fourth-order valence-corrected chi connectivity index (χ4v) is 6.12. The summed E-state index contributed by atoms with van der Waals surface area (Å²) in [6.07, 6.45) is -3.05. The van der Waals surface area contributed by atoms with Crippen molar-refractivity contribution >= 4 is 40.7 Å². The molecule has 12 heteroatoms. The number of rotatable bonds is 8. The first-order chi connectivity index (χ1) is 16.2. The summed E-state index contributed by atoms with van der Waals surface area (Å²) in [4.78, 5) is 33.6. The third-order valence-electron chi connectivity index (χ3n) is 6.09. The molecule has 34 heavy (non-hydrogen) atoms. The van der Waals surface area contributed by atoms with E-state index in [1.807, 2.05) is 9.80 Å². The van der Waals surface area contributed by atoms with Crippen LogP contribution in [0.1, 0.15) is 28.9 Å². The van der Waals surface area contributed by atoms with Crippen molar-refractivity contribution in [3.8, 4) is 0 Å². The second-order valence-corrected chi connectivity index (χ2v) is 10.5. The Morgan fingerprint density at radius 2 is 2.00 bits per heavy atom. The van der Waals surface area contributed by atoms with Gasteiger partial charge in [-0.2, -0.15) is 13.2 Å². The SMILES string of the molecule is O=C(O)c1csc(SCCN2C(=O)CC[C@@H]2CN2CCN(c3cccc(C(F)(F)F)c3)CC2)n1. The lowest BCUT2D eigenvalue weighted by Gasteiger charge is -2.38. The highest BCUT2D eigenvalue weighted by Gasteiger charge is 2.33. The molecule has 1 aromatic carbocycles. The standard InChI is InChI=1S/C22H25F3N4O3S2/c23-22(24,25)15-2-1-3-16(12-15)28-8-6-27(7-9-28)13-17-4-5-19(30)29(17)10-11-33-21-26-18(14-34-21)20(31)32/h1-3,12,14,17H,4-11,13H2,(H,31,32)/t17-/m1/s1. The number of likely N-dealkylation sites (tertiary alicyclic amines) is 1. The van der Waals surface area contributed by atoms with Crippen molar-refractivity contribution in [2.45, 2.75) is 29.4 Å². The highest BCUT2D eigenvalue weighted by atomic mass is 32.2. The Balaban J connectivity index is 1.26. The second kappa shape index (κ2) is 10.5. The third kappa shape index (κ3) is 6.02. The van der Waals surface area contributed by atoms with E-state index in [1.165, 1.54) is 40.6 Å². The van der Waals surface area contributed by atoms with Crippen molar-refractivity contribution in [3.63, 3.8) is 0 Å². The van der Waals surface area contributed by atoms with Crippen LogP contribution in [-0.4, -0.2) is 82.8 Å². The van der Waals surface area contributed by atoms with Crippen molar-refractivity contribution in [1.82, 2.24) is 14.8 Å². The molecule has 1 aromatic heterocycles. The van der Waals surface area contributed by atoms with Crippen LogP contribution in [0, 0.1) is 0 Å². The molecule has 2 aliphatic rings. The highest BCUT2D eigenvalue weighted by Crippen LogP contribution is 2.32. The van der Waals surface area contributed by atoms with E-state index in [-0.39, 0.29) is 17.6 Å².